The van der Waals surface area contributed by atoms with Crippen LogP contribution in [0.2, 0.25) is 0 Å². The summed E-state index contributed by atoms with van der Waals surface area (Å²) in [6.07, 6.45) is 2.58. The minimum absolute atomic E-state index is 0.101. The van der Waals surface area contributed by atoms with Crippen LogP contribution in [0.4, 0.5) is 0 Å². The van der Waals surface area contributed by atoms with E-state index < -0.39 is 5.60 Å². The lowest BCUT2D eigenvalue weighted by atomic mass is 9.88. The van der Waals surface area contributed by atoms with Crippen LogP contribution < -0.4 is 5.32 Å². The summed E-state index contributed by atoms with van der Waals surface area (Å²) >= 11 is 0. The van der Waals surface area contributed by atoms with Crippen LogP contribution in [0.5, 0.6) is 0 Å². The minimum atomic E-state index is -0.932. The Morgan fingerprint density at radius 3 is 2.67 bits per heavy atom. The van der Waals surface area contributed by atoms with Gasteiger partial charge in [-0.15, -0.1) is 0 Å². The van der Waals surface area contributed by atoms with Crippen molar-refractivity contribution in [3.63, 3.8) is 0 Å². The Kier molecular flexibility index (Phi) is 5.28. The number of nitrogens with one attached hydrogen (secondary N) is 1. The number of aromatic nitrogens is 3. The highest BCUT2D eigenvalue weighted by molar-refractivity contribution is 5.98. The lowest BCUT2D eigenvalue weighted by Crippen LogP contribution is -2.45. The van der Waals surface area contributed by atoms with E-state index in [1.54, 1.807) is 13.1 Å². The summed E-state index contributed by atoms with van der Waals surface area (Å²) in [4.78, 5) is 17.1. The van der Waals surface area contributed by atoms with Crippen molar-refractivity contribution in [1.82, 2.24) is 20.1 Å². The number of fused-ring (bicyclic) bond motifs is 1. The van der Waals surface area contributed by atoms with Crippen molar-refractivity contribution >= 4 is 16.9 Å². The number of pyridine rings is 1. The molecular weight excluding hydrogens is 304 g/mol. The van der Waals surface area contributed by atoms with Crippen LogP contribution in [0.1, 0.15) is 63.1 Å². The molecule has 2 atom stereocenters. The van der Waals surface area contributed by atoms with Crippen molar-refractivity contribution in [3.8, 4) is 0 Å². The number of rotatable bonds is 6. The van der Waals surface area contributed by atoms with E-state index in [1.165, 1.54) is 0 Å². The smallest absolute Gasteiger partial charge is 0.253 e. The summed E-state index contributed by atoms with van der Waals surface area (Å²) in [6.45, 7) is 11.9. The van der Waals surface area contributed by atoms with Crippen LogP contribution in [0.3, 0.4) is 0 Å². The molecule has 6 heteroatoms. The molecule has 0 aromatic carbocycles. The number of aliphatic hydroxyl groups is 1. The fourth-order valence-corrected chi connectivity index (χ4v) is 2.64. The Bertz CT molecular complexity index is 734. The molecule has 2 aromatic rings. The molecule has 0 aliphatic carbocycles. The van der Waals surface area contributed by atoms with E-state index >= 15 is 0 Å². The molecule has 0 saturated carbocycles. The number of carbonyl (C=O) groups excluding carboxylic acids is 1. The lowest BCUT2D eigenvalue weighted by Gasteiger charge is -2.29. The van der Waals surface area contributed by atoms with Gasteiger partial charge in [-0.2, -0.15) is 5.10 Å². The number of aryl methyl sites for hydroxylation is 1. The van der Waals surface area contributed by atoms with Gasteiger partial charge in [-0.1, -0.05) is 20.3 Å². The zero-order valence-corrected chi connectivity index (χ0v) is 15.4. The third-order valence-corrected chi connectivity index (χ3v) is 4.77. The summed E-state index contributed by atoms with van der Waals surface area (Å²) in [7, 11) is 0. The van der Waals surface area contributed by atoms with E-state index in [9.17, 15) is 9.90 Å². The second-order valence-corrected chi connectivity index (χ2v) is 7.07. The van der Waals surface area contributed by atoms with Crippen LogP contribution >= 0.6 is 0 Å². The highest BCUT2D eigenvalue weighted by Gasteiger charge is 2.28. The Labute approximate surface area is 143 Å². The van der Waals surface area contributed by atoms with Crippen LogP contribution in [0, 0.1) is 12.8 Å². The summed E-state index contributed by atoms with van der Waals surface area (Å²) in [6, 6.07) is 2.02. The molecule has 1 amide bonds. The first-order valence-corrected chi connectivity index (χ1v) is 8.52. The zero-order chi connectivity index (χ0) is 18.1. The maximum Gasteiger partial charge on any atom is 0.253 e. The standard InChI is InChI=1S/C18H28N4O2/c1-7-12(4)18(6,24)10-19-17(23)15-8-14-9-20-22(11(2)3)16(14)21-13(15)5/h8-9,11-12,24H,7,10H2,1-6H3,(H,19,23). The number of carbonyl (C=O) groups is 1. The quantitative estimate of drug-likeness (QED) is 0.852. The molecule has 0 fully saturated rings. The van der Waals surface area contributed by atoms with Gasteiger partial charge in [0.1, 0.15) is 0 Å². The molecule has 6 nitrogen and oxygen atoms in total. The Hall–Kier alpha value is -1.95. The molecule has 2 rings (SSSR count). The first kappa shape index (κ1) is 18.4. The molecule has 0 spiro atoms. The summed E-state index contributed by atoms with van der Waals surface area (Å²) < 4.78 is 1.84. The fourth-order valence-electron chi connectivity index (χ4n) is 2.64. The van der Waals surface area contributed by atoms with Crippen molar-refractivity contribution in [1.29, 1.82) is 0 Å². The van der Waals surface area contributed by atoms with E-state index in [2.05, 4.69) is 15.4 Å². The van der Waals surface area contributed by atoms with Crippen LogP contribution in [-0.2, 0) is 0 Å². The second-order valence-electron chi connectivity index (χ2n) is 7.07. The predicted molar refractivity (Wildman–Crippen MR) is 95.1 cm³/mol. The molecule has 2 heterocycles. The van der Waals surface area contributed by atoms with E-state index in [0.29, 0.717) is 11.3 Å². The molecule has 0 aliphatic rings. The van der Waals surface area contributed by atoms with Gasteiger partial charge in [-0.3, -0.25) is 4.79 Å². The summed E-state index contributed by atoms with van der Waals surface area (Å²) in [5.74, 6) is -0.119. The SMILES string of the molecule is CCC(C)C(C)(O)CNC(=O)c1cc2cnn(C(C)C)c2nc1C. The largest absolute Gasteiger partial charge is 0.388 e. The van der Waals surface area contributed by atoms with E-state index in [1.807, 2.05) is 45.4 Å². The number of hydrogen-bond acceptors (Lipinski definition) is 4. The van der Waals surface area contributed by atoms with Crippen molar-refractivity contribution in [3.05, 3.63) is 23.5 Å². The van der Waals surface area contributed by atoms with Crippen molar-refractivity contribution in [2.45, 2.75) is 59.6 Å². The Balaban J connectivity index is 2.23. The Morgan fingerprint density at radius 1 is 1.42 bits per heavy atom. The third-order valence-electron chi connectivity index (χ3n) is 4.77. The van der Waals surface area contributed by atoms with Gasteiger partial charge in [-0.25, -0.2) is 9.67 Å². The highest BCUT2D eigenvalue weighted by Crippen LogP contribution is 2.21. The van der Waals surface area contributed by atoms with Gasteiger partial charge in [0.05, 0.1) is 23.1 Å². The van der Waals surface area contributed by atoms with E-state index in [4.69, 9.17) is 0 Å². The monoisotopic (exact) mass is 332 g/mol. The normalized spacial score (nSPS) is 15.5. The van der Waals surface area contributed by atoms with Crippen LogP contribution in [0.25, 0.3) is 11.0 Å². The molecule has 0 saturated heterocycles. The van der Waals surface area contributed by atoms with Gasteiger partial charge in [0.25, 0.3) is 5.91 Å². The number of nitrogens with zero attached hydrogens (tertiary/aromatic N) is 3. The molecule has 0 radical (unpaired) electrons. The minimum Gasteiger partial charge on any atom is -0.388 e. The molecule has 0 bridgehead atoms. The molecule has 2 N–H and O–H groups in total. The number of hydrogen-bond donors (Lipinski definition) is 2. The molecule has 132 valence electrons. The Morgan fingerprint density at radius 2 is 2.08 bits per heavy atom. The van der Waals surface area contributed by atoms with Gasteiger partial charge in [-0.05, 0) is 39.7 Å². The molecular formula is C18H28N4O2. The van der Waals surface area contributed by atoms with Gasteiger partial charge in [0, 0.05) is 18.0 Å². The van der Waals surface area contributed by atoms with E-state index in [-0.39, 0.29) is 24.4 Å². The van der Waals surface area contributed by atoms with Gasteiger partial charge in [0.2, 0.25) is 0 Å². The van der Waals surface area contributed by atoms with Crippen LogP contribution in [-0.4, -0.2) is 37.9 Å². The lowest BCUT2D eigenvalue weighted by molar-refractivity contribution is 0.00591. The first-order valence-electron chi connectivity index (χ1n) is 8.52. The summed E-state index contributed by atoms with van der Waals surface area (Å²) in [5, 5.41) is 18.5. The van der Waals surface area contributed by atoms with Crippen molar-refractivity contribution in [2.75, 3.05) is 6.54 Å². The maximum absolute atomic E-state index is 12.5. The first-order chi connectivity index (χ1) is 11.2. The fraction of sp³-hybridized carbons (Fsp3) is 0.611. The zero-order valence-electron chi connectivity index (χ0n) is 15.4. The molecule has 2 unspecified atom stereocenters. The third kappa shape index (κ3) is 3.59. The number of amides is 1. The van der Waals surface area contributed by atoms with E-state index in [0.717, 1.165) is 17.5 Å². The highest BCUT2D eigenvalue weighted by atomic mass is 16.3. The molecule has 24 heavy (non-hydrogen) atoms. The maximum atomic E-state index is 12.5. The van der Waals surface area contributed by atoms with Gasteiger partial charge in [0.15, 0.2) is 5.65 Å². The van der Waals surface area contributed by atoms with Gasteiger partial charge >= 0.3 is 0 Å². The van der Waals surface area contributed by atoms with Crippen molar-refractivity contribution < 1.29 is 9.90 Å². The van der Waals surface area contributed by atoms with Crippen LogP contribution in [0.15, 0.2) is 12.3 Å². The average Bonchev–Trinajstić information content (AvgIpc) is 2.93. The summed E-state index contributed by atoms with van der Waals surface area (Å²) in [5.41, 5.74) is 1.03. The van der Waals surface area contributed by atoms with Gasteiger partial charge < -0.3 is 10.4 Å². The topological polar surface area (TPSA) is 80.0 Å². The average molecular weight is 332 g/mol. The second kappa shape index (κ2) is 6.89. The molecule has 0 aliphatic heterocycles. The molecule has 2 aromatic heterocycles. The predicted octanol–water partition coefficient (Wildman–Crippen LogP) is 2.85. The van der Waals surface area contributed by atoms with Crippen molar-refractivity contribution in [2.24, 2.45) is 5.92 Å².